The van der Waals surface area contributed by atoms with Gasteiger partial charge in [0.1, 0.15) is 0 Å². The summed E-state index contributed by atoms with van der Waals surface area (Å²) < 4.78 is 15.5. The van der Waals surface area contributed by atoms with Gasteiger partial charge in [-0.25, -0.2) is 0 Å². The Kier molecular flexibility index (Phi) is 9.29. The van der Waals surface area contributed by atoms with Crippen LogP contribution in [0.25, 0.3) is 0 Å². The standard InChI is InChI=1S/C10H23NO3/c1-9(2)11-5-6-13-7-8-14-10(3)12-4/h9-11H,5-8H2,1-4H3. The Labute approximate surface area is 86.9 Å². The summed E-state index contributed by atoms with van der Waals surface area (Å²) in [6, 6.07) is 0.517. The summed E-state index contributed by atoms with van der Waals surface area (Å²) >= 11 is 0. The molecule has 1 atom stereocenters. The molecule has 0 fully saturated rings. The average Bonchev–Trinajstić information content (AvgIpc) is 2.15. The summed E-state index contributed by atoms with van der Waals surface area (Å²) in [6.45, 7) is 8.90. The van der Waals surface area contributed by atoms with Crippen molar-refractivity contribution in [2.45, 2.75) is 33.1 Å². The van der Waals surface area contributed by atoms with E-state index in [1.165, 1.54) is 0 Å². The van der Waals surface area contributed by atoms with Crippen LogP contribution in [0.15, 0.2) is 0 Å². The van der Waals surface area contributed by atoms with Gasteiger partial charge < -0.3 is 19.5 Å². The van der Waals surface area contributed by atoms with E-state index in [9.17, 15) is 0 Å². The van der Waals surface area contributed by atoms with Crippen LogP contribution in [-0.2, 0) is 14.2 Å². The van der Waals surface area contributed by atoms with Crippen LogP contribution < -0.4 is 5.32 Å². The van der Waals surface area contributed by atoms with Gasteiger partial charge in [0.2, 0.25) is 0 Å². The Hall–Kier alpha value is -0.160. The van der Waals surface area contributed by atoms with Gasteiger partial charge in [0.05, 0.1) is 19.8 Å². The van der Waals surface area contributed by atoms with Gasteiger partial charge in [0, 0.05) is 19.7 Å². The second kappa shape index (κ2) is 9.40. The van der Waals surface area contributed by atoms with Crippen LogP contribution in [0.5, 0.6) is 0 Å². The Morgan fingerprint density at radius 3 is 2.36 bits per heavy atom. The molecule has 14 heavy (non-hydrogen) atoms. The van der Waals surface area contributed by atoms with Crippen molar-refractivity contribution < 1.29 is 14.2 Å². The fraction of sp³-hybridized carbons (Fsp3) is 1.00. The van der Waals surface area contributed by atoms with Gasteiger partial charge in [-0.3, -0.25) is 0 Å². The smallest absolute Gasteiger partial charge is 0.154 e. The van der Waals surface area contributed by atoms with Crippen molar-refractivity contribution in [3.63, 3.8) is 0 Å². The number of methoxy groups -OCH3 is 1. The van der Waals surface area contributed by atoms with Gasteiger partial charge >= 0.3 is 0 Å². The van der Waals surface area contributed by atoms with Gasteiger partial charge in [-0.2, -0.15) is 0 Å². The molecule has 0 bridgehead atoms. The maximum Gasteiger partial charge on any atom is 0.154 e. The zero-order valence-corrected chi connectivity index (χ0v) is 9.71. The van der Waals surface area contributed by atoms with Crippen molar-refractivity contribution >= 4 is 0 Å². The van der Waals surface area contributed by atoms with Gasteiger partial charge in [0.15, 0.2) is 6.29 Å². The topological polar surface area (TPSA) is 39.7 Å². The minimum absolute atomic E-state index is 0.146. The predicted octanol–water partition coefficient (Wildman–Crippen LogP) is 1.01. The zero-order chi connectivity index (χ0) is 10.8. The Bertz CT molecular complexity index is 120. The SMILES string of the molecule is COC(C)OCCOCCNC(C)C. The van der Waals surface area contributed by atoms with E-state index in [2.05, 4.69) is 19.2 Å². The third-order valence-electron chi connectivity index (χ3n) is 1.71. The van der Waals surface area contributed by atoms with E-state index < -0.39 is 0 Å². The molecule has 0 saturated heterocycles. The molecular weight excluding hydrogens is 182 g/mol. The summed E-state index contributed by atoms with van der Waals surface area (Å²) in [7, 11) is 1.62. The first-order valence-electron chi connectivity index (χ1n) is 5.12. The summed E-state index contributed by atoms with van der Waals surface area (Å²) in [5.41, 5.74) is 0. The van der Waals surface area contributed by atoms with E-state index in [1.54, 1.807) is 7.11 Å². The monoisotopic (exact) mass is 205 g/mol. The maximum atomic E-state index is 5.34. The molecule has 0 amide bonds. The fourth-order valence-electron chi connectivity index (χ4n) is 0.863. The number of rotatable bonds is 9. The Morgan fingerprint density at radius 1 is 1.07 bits per heavy atom. The van der Waals surface area contributed by atoms with Crippen LogP contribution in [0.1, 0.15) is 20.8 Å². The molecule has 0 aromatic heterocycles. The van der Waals surface area contributed by atoms with E-state index in [-0.39, 0.29) is 6.29 Å². The molecule has 4 nitrogen and oxygen atoms in total. The predicted molar refractivity (Wildman–Crippen MR) is 56.4 cm³/mol. The molecule has 4 heteroatoms. The first-order chi connectivity index (χ1) is 6.66. The quantitative estimate of drug-likeness (QED) is 0.450. The van der Waals surface area contributed by atoms with Crippen LogP contribution in [0.4, 0.5) is 0 Å². The molecular formula is C10H23NO3. The van der Waals surface area contributed by atoms with Gasteiger partial charge in [-0.1, -0.05) is 13.8 Å². The normalized spacial score (nSPS) is 13.5. The van der Waals surface area contributed by atoms with Crippen LogP contribution in [0.3, 0.4) is 0 Å². The maximum absolute atomic E-state index is 5.34. The highest BCUT2D eigenvalue weighted by atomic mass is 16.7. The summed E-state index contributed by atoms with van der Waals surface area (Å²) in [6.07, 6.45) is -0.146. The van der Waals surface area contributed by atoms with Crippen LogP contribution >= 0.6 is 0 Å². The molecule has 1 unspecified atom stereocenters. The van der Waals surface area contributed by atoms with Crippen molar-refractivity contribution in [2.75, 3.05) is 33.5 Å². The fourth-order valence-corrected chi connectivity index (χ4v) is 0.863. The molecule has 86 valence electrons. The Morgan fingerprint density at radius 2 is 1.79 bits per heavy atom. The lowest BCUT2D eigenvalue weighted by molar-refractivity contribution is -0.121. The molecule has 0 aliphatic carbocycles. The van der Waals surface area contributed by atoms with Crippen molar-refractivity contribution in [3.8, 4) is 0 Å². The van der Waals surface area contributed by atoms with Gasteiger partial charge in [-0.05, 0) is 6.92 Å². The molecule has 0 saturated carbocycles. The molecule has 0 spiro atoms. The van der Waals surface area contributed by atoms with Gasteiger partial charge in [-0.15, -0.1) is 0 Å². The minimum atomic E-state index is -0.146. The van der Waals surface area contributed by atoms with E-state index in [0.29, 0.717) is 19.3 Å². The second-order valence-electron chi connectivity index (χ2n) is 3.40. The molecule has 0 aromatic carbocycles. The Balaban J connectivity index is 2.99. The van der Waals surface area contributed by atoms with Crippen molar-refractivity contribution in [1.82, 2.24) is 5.32 Å². The summed E-state index contributed by atoms with van der Waals surface area (Å²) in [5.74, 6) is 0. The third kappa shape index (κ3) is 9.92. The average molecular weight is 205 g/mol. The first kappa shape index (κ1) is 13.8. The summed E-state index contributed by atoms with van der Waals surface area (Å²) in [4.78, 5) is 0. The lowest BCUT2D eigenvalue weighted by Crippen LogP contribution is -2.27. The van der Waals surface area contributed by atoms with E-state index in [1.807, 2.05) is 6.92 Å². The summed E-state index contributed by atoms with van der Waals surface area (Å²) in [5, 5.41) is 3.27. The largest absolute Gasteiger partial charge is 0.378 e. The first-order valence-corrected chi connectivity index (χ1v) is 5.12. The van der Waals surface area contributed by atoms with Crippen LogP contribution in [0, 0.1) is 0 Å². The third-order valence-corrected chi connectivity index (χ3v) is 1.71. The van der Waals surface area contributed by atoms with E-state index in [4.69, 9.17) is 14.2 Å². The number of hydrogen-bond acceptors (Lipinski definition) is 4. The van der Waals surface area contributed by atoms with E-state index >= 15 is 0 Å². The molecule has 0 heterocycles. The lowest BCUT2D eigenvalue weighted by Gasteiger charge is -2.11. The van der Waals surface area contributed by atoms with Crippen molar-refractivity contribution in [2.24, 2.45) is 0 Å². The van der Waals surface area contributed by atoms with E-state index in [0.717, 1.165) is 13.2 Å². The molecule has 0 aliphatic heterocycles. The second-order valence-corrected chi connectivity index (χ2v) is 3.40. The zero-order valence-electron chi connectivity index (χ0n) is 9.71. The molecule has 0 rings (SSSR count). The van der Waals surface area contributed by atoms with Gasteiger partial charge in [0.25, 0.3) is 0 Å². The van der Waals surface area contributed by atoms with Crippen LogP contribution in [-0.4, -0.2) is 45.8 Å². The highest BCUT2D eigenvalue weighted by Gasteiger charge is 1.97. The van der Waals surface area contributed by atoms with Crippen molar-refractivity contribution in [3.05, 3.63) is 0 Å². The number of ether oxygens (including phenoxy) is 3. The highest BCUT2D eigenvalue weighted by molar-refractivity contribution is 4.50. The van der Waals surface area contributed by atoms with Crippen LogP contribution in [0.2, 0.25) is 0 Å². The number of hydrogen-bond donors (Lipinski definition) is 1. The number of nitrogens with one attached hydrogen (secondary N) is 1. The molecule has 0 aliphatic rings. The molecule has 1 N–H and O–H groups in total. The minimum Gasteiger partial charge on any atom is -0.378 e. The highest BCUT2D eigenvalue weighted by Crippen LogP contribution is 1.89. The lowest BCUT2D eigenvalue weighted by atomic mass is 10.4. The molecule has 0 radical (unpaired) electrons. The van der Waals surface area contributed by atoms with Crippen molar-refractivity contribution in [1.29, 1.82) is 0 Å². The molecule has 0 aromatic rings.